The monoisotopic (exact) mass is 256 g/mol. The first kappa shape index (κ1) is 12.0. The molecule has 0 bridgehead atoms. The van der Waals surface area contributed by atoms with Gasteiger partial charge in [0.2, 0.25) is 0 Å². The van der Waals surface area contributed by atoms with Gasteiger partial charge in [0.1, 0.15) is 11.5 Å². The van der Waals surface area contributed by atoms with E-state index in [0.29, 0.717) is 12.2 Å². The van der Waals surface area contributed by atoms with Crippen molar-refractivity contribution in [3.8, 4) is 5.75 Å². The van der Waals surface area contributed by atoms with E-state index < -0.39 is 0 Å². The highest BCUT2D eigenvalue weighted by Gasteiger charge is 2.14. The van der Waals surface area contributed by atoms with Crippen LogP contribution in [0, 0.1) is 6.92 Å². The molecule has 1 aliphatic heterocycles. The highest BCUT2D eigenvalue weighted by Crippen LogP contribution is 2.26. The molecule has 1 aliphatic rings. The zero-order valence-electron chi connectivity index (χ0n) is 10.9. The minimum Gasteiger partial charge on any atom is -0.493 e. The second-order valence-electron chi connectivity index (χ2n) is 4.87. The van der Waals surface area contributed by atoms with Crippen LogP contribution in [-0.2, 0) is 12.8 Å². The van der Waals surface area contributed by atoms with Crippen molar-refractivity contribution in [1.82, 2.24) is 0 Å². The zero-order chi connectivity index (χ0) is 13.2. The molecule has 2 heterocycles. The lowest BCUT2D eigenvalue weighted by molar-refractivity contribution is 0.0954. The Kier molecular flexibility index (Phi) is 3.11. The molecule has 0 saturated carbocycles. The topological polar surface area (TPSA) is 39.4 Å². The Bertz CT molecular complexity index is 610. The first-order chi connectivity index (χ1) is 9.22. The van der Waals surface area contributed by atoms with Gasteiger partial charge in [0, 0.05) is 12.8 Å². The highest BCUT2D eigenvalue weighted by molar-refractivity contribution is 5.93. The number of hydrogen-bond donors (Lipinski definition) is 0. The first-order valence-electron chi connectivity index (χ1n) is 6.56. The molecule has 3 nitrogen and oxygen atoms in total. The SMILES string of the molecule is Cc1ccc(C(=O)CCc2ccc3c(c2)CCO3)o1. The number of carbonyl (C=O) groups excluding carboxylic acids is 1. The normalized spacial score (nSPS) is 13.1. The van der Waals surface area contributed by atoms with E-state index in [-0.39, 0.29) is 5.78 Å². The number of benzene rings is 1. The quantitative estimate of drug-likeness (QED) is 0.788. The summed E-state index contributed by atoms with van der Waals surface area (Å²) in [5.74, 6) is 2.28. The third-order valence-corrected chi connectivity index (χ3v) is 3.41. The number of rotatable bonds is 4. The van der Waals surface area contributed by atoms with Gasteiger partial charge in [-0.15, -0.1) is 0 Å². The minimum absolute atomic E-state index is 0.0600. The summed E-state index contributed by atoms with van der Waals surface area (Å²) in [4.78, 5) is 11.9. The van der Waals surface area contributed by atoms with Crippen LogP contribution in [0.5, 0.6) is 5.75 Å². The first-order valence-corrected chi connectivity index (χ1v) is 6.56. The maximum atomic E-state index is 11.9. The van der Waals surface area contributed by atoms with E-state index in [1.54, 1.807) is 6.07 Å². The molecule has 0 radical (unpaired) electrons. The number of hydrogen-bond acceptors (Lipinski definition) is 3. The van der Waals surface area contributed by atoms with Gasteiger partial charge >= 0.3 is 0 Å². The number of Topliss-reactive ketones (excluding diaryl/α,β-unsaturated/α-hetero) is 1. The van der Waals surface area contributed by atoms with Gasteiger partial charge < -0.3 is 9.15 Å². The number of carbonyl (C=O) groups is 1. The maximum absolute atomic E-state index is 11.9. The molecule has 3 heteroatoms. The zero-order valence-corrected chi connectivity index (χ0v) is 10.9. The summed E-state index contributed by atoms with van der Waals surface area (Å²) in [6, 6.07) is 9.74. The van der Waals surface area contributed by atoms with Gasteiger partial charge in [-0.25, -0.2) is 0 Å². The number of ether oxygens (including phenoxy) is 1. The summed E-state index contributed by atoms with van der Waals surface area (Å²) < 4.78 is 10.8. The Hall–Kier alpha value is -2.03. The van der Waals surface area contributed by atoms with Crippen LogP contribution in [0.4, 0.5) is 0 Å². The fourth-order valence-corrected chi connectivity index (χ4v) is 2.36. The molecule has 0 aliphatic carbocycles. The Morgan fingerprint density at radius 3 is 2.95 bits per heavy atom. The van der Waals surface area contributed by atoms with E-state index in [0.717, 1.165) is 31.0 Å². The van der Waals surface area contributed by atoms with Crippen LogP contribution in [0.2, 0.25) is 0 Å². The Labute approximate surface area is 112 Å². The second kappa shape index (κ2) is 4.92. The molecular formula is C16H16O3. The molecular weight excluding hydrogens is 240 g/mol. The van der Waals surface area contributed by atoms with E-state index >= 15 is 0 Å². The average molecular weight is 256 g/mol. The third-order valence-electron chi connectivity index (χ3n) is 3.41. The van der Waals surface area contributed by atoms with Crippen molar-refractivity contribution in [2.45, 2.75) is 26.2 Å². The minimum atomic E-state index is 0.0600. The van der Waals surface area contributed by atoms with E-state index in [2.05, 4.69) is 6.07 Å². The molecule has 3 rings (SSSR count). The summed E-state index contributed by atoms with van der Waals surface area (Å²) in [5.41, 5.74) is 2.43. The van der Waals surface area contributed by atoms with Crippen molar-refractivity contribution in [3.05, 3.63) is 53.0 Å². The fraction of sp³-hybridized carbons (Fsp3) is 0.312. The van der Waals surface area contributed by atoms with Gasteiger partial charge in [-0.3, -0.25) is 4.79 Å². The van der Waals surface area contributed by atoms with Crippen LogP contribution in [0.15, 0.2) is 34.7 Å². The number of furan rings is 1. The molecule has 0 atom stereocenters. The summed E-state index contributed by atoms with van der Waals surface area (Å²) in [6.45, 7) is 2.61. The van der Waals surface area contributed by atoms with Gasteiger partial charge in [-0.05, 0) is 42.7 Å². The Morgan fingerprint density at radius 2 is 2.16 bits per heavy atom. The molecule has 0 amide bonds. The van der Waals surface area contributed by atoms with Crippen LogP contribution in [0.3, 0.4) is 0 Å². The molecule has 0 N–H and O–H groups in total. The molecule has 2 aromatic rings. The molecule has 0 saturated heterocycles. The molecule has 0 unspecified atom stereocenters. The van der Waals surface area contributed by atoms with Crippen LogP contribution in [-0.4, -0.2) is 12.4 Å². The Balaban J connectivity index is 1.64. The molecule has 1 aromatic carbocycles. The molecule has 0 spiro atoms. The van der Waals surface area contributed by atoms with E-state index in [1.807, 2.05) is 25.1 Å². The summed E-state index contributed by atoms with van der Waals surface area (Å²) in [5, 5.41) is 0. The van der Waals surface area contributed by atoms with E-state index in [9.17, 15) is 4.79 Å². The van der Waals surface area contributed by atoms with Gasteiger partial charge in [0.15, 0.2) is 11.5 Å². The fourth-order valence-electron chi connectivity index (χ4n) is 2.36. The van der Waals surface area contributed by atoms with Crippen molar-refractivity contribution in [2.75, 3.05) is 6.61 Å². The molecule has 0 fully saturated rings. The highest BCUT2D eigenvalue weighted by atomic mass is 16.5. The summed E-state index contributed by atoms with van der Waals surface area (Å²) >= 11 is 0. The van der Waals surface area contributed by atoms with Crippen molar-refractivity contribution in [2.24, 2.45) is 0 Å². The molecule has 98 valence electrons. The van der Waals surface area contributed by atoms with E-state index in [1.165, 1.54) is 11.1 Å². The molecule has 1 aromatic heterocycles. The molecule has 19 heavy (non-hydrogen) atoms. The average Bonchev–Trinajstić information content (AvgIpc) is 3.03. The standard InChI is InChI=1S/C16H16O3/c1-11-2-6-16(19-11)14(17)5-3-12-4-7-15-13(10-12)8-9-18-15/h2,4,6-7,10H,3,5,8-9H2,1H3. The number of ketones is 1. The van der Waals surface area contributed by atoms with Crippen molar-refractivity contribution in [3.63, 3.8) is 0 Å². The largest absolute Gasteiger partial charge is 0.493 e. The van der Waals surface area contributed by atoms with Crippen LogP contribution in [0.1, 0.15) is 33.9 Å². The van der Waals surface area contributed by atoms with Crippen molar-refractivity contribution < 1.29 is 13.9 Å². The van der Waals surface area contributed by atoms with E-state index in [4.69, 9.17) is 9.15 Å². The summed E-state index contributed by atoms with van der Waals surface area (Å²) in [6.07, 6.45) is 2.19. The van der Waals surface area contributed by atoms with Crippen LogP contribution in [0.25, 0.3) is 0 Å². The maximum Gasteiger partial charge on any atom is 0.198 e. The summed E-state index contributed by atoms with van der Waals surface area (Å²) in [7, 11) is 0. The van der Waals surface area contributed by atoms with Crippen molar-refractivity contribution in [1.29, 1.82) is 0 Å². The predicted molar refractivity (Wildman–Crippen MR) is 71.7 cm³/mol. The van der Waals surface area contributed by atoms with Gasteiger partial charge in [-0.2, -0.15) is 0 Å². The third kappa shape index (κ3) is 2.55. The lowest BCUT2D eigenvalue weighted by Gasteiger charge is -2.03. The lowest BCUT2D eigenvalue weighted by atomic mass is 10.0. The van der Waals surface area contributed by atoms with Gasteiger partial charge in [-0.1, -0.05) is 12.1 Å². The van der Waals surface area contributed by atoms with Gasteiger partial charge in [0.25, 0.3) is 0 Å². The second-order valence-corrected chi connectivity index (χ2v) is 4.87. The van der Waals surface area contributed by atoms with Crippen molar-refractivity contribution >= 4 is 5.78 Å². The smallest absolute Gasteiger partial charge is 0.198 e. The lowest BCUT2D eigenvalue weighted by Crippen LogP contribution is -1.99. The predicted octanol–water partition coefficient (Wildman–Crippen LogP) is 3.34. The number of aryl methyl sites for hydroxylation is 2. The number of fused-ring (bicyclic) bond motifs is 1. The van der Waals surface area contributed by atoms with Crippen LogP contribution >= 0.6 is 0 Å². The Morgan fingerprint density at radius 1 is 1.26 bits per heavy atom. The van der Waals surface area contributed by atoms with Gasteiger partial charge in [0.05, 0.1) is 6.61 Å². The van der Waals surface area contributed by atoms with Crippen LogP contribution < -0.4 is 4.74 Å².